The van der Waals surface area contributed by atoms with E-state index < -0.39 is 5.91 Å². The number of furan rings is 1. The SMILES string of the molecule is CN=C(NCc1ccc(C(N)=O)o1)N(C)Cc1ccon1.I. The van der Waals surface area contributed by atoms with E-state index in [0.717, 1.165) is 5.69 Å². The summed E-state index contributed by atoms with van der Waals surface area (Å²) in [5.74, 6) is 0.807. The molecule has 0 fully saturated rings. The van der Waals surface area contributed by atoms with Crippen molar-refractivity contribution in [1.82, 2.24) is 15.4 Å². The topological polar surface area (TPSA) is 110 Å². The molecule has 0 aliphatic rings. The Bertz CT molecular complexity index is 623. The van der Waals surface area contributed by atoms with Gasteiger partial charge in [0.25, 0.3) is 5.91 Å². The maximum absolute atomic E-state index is 11.0. The van der Waals surface area contributed by atoms with Crippen LogP contribution in [0.1, 0.15) is 22.0 Å². The zero-order chi connectivity index (χ0) is 15.2. The summed E-state index contributed by atoms with van der Waals surface area (Å²) in [5.41, 5.74) is 5.93. The fourth-order valence-electron chi connectivity index (χ4n) is 1.79. The zero-order valence-electron chi connectivity index (χ0n) is 12.3. The van der Waals surface area contributed by atoms with Crippen LogP contribution >= 0.6 is 24.0 Å². The molecule has 2 heterocycles. The lowest BCUT2D eigenvalue weighted by molar-refractivity contribution is 0.0972. The number of carbonyl (C=O) groups is 1. The van der Waals surface area contributed by atoms with Crippen LogP contribution in [0.3, 0.4) is 0 Å². The van der Waals surface area contributed by atoms with Gasteiger partial charge in [0.15, 0.2) is 11.7 Å². The summed E-state index contributed by atoms with van der Waals surface area (Å²) in [5, 5.41) is 6.97. The quantitative estimate of drug-likeness (QED) is 0.428. The minimum atomic E-state index is -0.589. The Kier molecular flexibility index (Phi) is 6.89. The highest BCUT2D eigenvalue weighted by Crippen LogP contribution is 2.07. The molecule has 22 heavy (non-hydrogen) atoms. The summed E-state index contributed by atoms with van der Waals surface area (Å²) in [6.45, 7) is 0.948. The number of hydrogen-bond donors (Lipinski definition) is 2. The van der Waals surface area contributed by atoms with Gasteiger partial charge in [0.1, 0.15) is 17.7 Å². The van der Waals surface area contributed by atoms with Crippen molar-refractivity contribution >= 4 is 35.8 Å². The third kappa shape index (κ3) is 4.76. The van der Waals surface area contributed by atoms with Crippen LogP contribution < -0.4 is 11.1 Å². The number of guanidine groups is 1. The average Bonchev–Trinajstić information content (AvgIpc) is 3.10. The van der Waals surface area contributed by atoms with E-state index in [-0.39, 0.29) is 29.7 Å². The van der Waals surface area contributed by atoms with E-state index in [1.165, 1.54) is 6.26 Å². The first-order valence-electron chi connectivity index (χ1n) is 6.29. The number of nitrogens with zero attached hydrogens (tertiary/aromatic N) is 3. The summed E-state index contributed by atoms with van der Waals surface area (Å²) in [7, 11) is 3.56. The lowest BCUT2D eigenvalue weighted by atomic mass is 10.4. The highest BCUT2D eigenvalue weighted by Gasteiger charge is 2.10. The van der Waals surface area contributed by atoms with Crippen molar-refractivity contribution in [1.29, 1.82) is 0 Å². The van der Waals surface area contributed by atoms with Crippen LogP contribution in [0.2, 0.25) is 0 Å². The second-order valence-electron chi connectivity index (χ2n) is 4.38. The Morgan fingerprint density at radius 1 is 1.45 bits per heavy atom. The lowest BCUT2D eigenvalue weighted by Crippen LogP contribution is -2.38. The van der Waals surface area contributed by atoms with E-state index in [0.29, 0.717) is 24.8 Å². The van der Waals surface area contributed by atoms with Crippen molar-refractivity contribution in [3.8, 4) is 0 Å². The molecule has 0 spiro atoms. The summed E-state index contributed by atoms with van der Waals surface area (Å²) in [4.78, 5) is 17.0. The van der Waals surface area contributed by atoms with Crippen LogP contribution in [0.15, 0.2) is 38.4 Å². The summed E-state index contributed by atoms with van der Waals surface area (Å²) in [6, 6.07) is 5.02. The molecule has 0 saturated heterocycles. The second-order valence-corrected chi connectivity index (χ2v) is 4.38. The number of hydrogen-bond acceptors (Lipinski definition) is 5. The number of amides is 1. The van der Waals surface area contributed by atoms with Crippen LogP contribution in [0.25, 0.3) is 0 Å². The minimum absolute atomic E-state index is 0. The van der Waals surface area contributed by atoms with Crippen LogP contribution in [0, 0.1) is 0 Å². The lowest BCUT2D eigenvalue weighted by Gasteiger charge is -2.20. The standard InChI is InChI=1S/C13H17N5O3.HI/c1-15-13(18(2)8-9-5-6-20-17-9)16-7-10-3-4-11(21-10)12(14)19;/h3-6H,7-8H2,1-2H3,(H2,14,19)(H,15,16);1H. The molecule has 2 rings (SSSR count). The fraction of sp³-hybridized carbons (Fsp3) is 0.308. The van der Waals surface area contributed by atoms with Crippen molar-refractivity contribution in [2.24, 2.45) is 10.7 Å². The highest BCUT2D eigenvalue weighted by atomic mass is 127. The maximum Gasteiger partial charge on any atom is 0.284 e. The zero-order valence-corrected chi connectivity index (χ0v) is 14.6. The number of carbonyl (C=O) groups excluding carboxylic acids is 1. The van der Waals surface area contributed by atoms with E-state index in [1.54, 1.807) is 25.2 Å². The summed E-state index contributed by atoms with van der Waals surface area (Å²) >= 11 is 0. The molecular weight excluding hydrogens is 401 g/mol. The molecule has 0 saturated carbocycles. The third-order valence-electron chi connectivity index (χ3n) is 2.79. The number of aromatic nitrogens is 1. The molecule has 0 bridgehead atoms. The maximum atomic E-state index is 11.0. The Morgan fingerprint density at radius 2 is 2.23 bits per heavy atom. The van der Waals surface area contributed by atoms with Crippen LogP contribution in [0.4, 0.5) is 0 Å². The molecule has 0 aromatic carbocycles. The van der Waals surface area contributed by atoms with Crippen LogP contribution in [-0.4, -0.2) is 36.0 Å². The number of nitrogens with one attached hydrogen (secondary N) is 1. The van der Waals surface area contributed by atoms with Crippen molar-refractivity contribution < 1.29 is 13.7 Å². The molecule has 0 aliphatic heterocycles. The van der Waals surface area contributed by atoms with Gasteiger partial charge in [0.2, 0.25) is 0 Å². The predicted molar refractivity (Wildman–Crippen MR) is 90.8 cm³/mol. The number of rotatable bonds is 5. The predicted octanol–water partition coefficient (Wildman–Crippen LogP) is 1.19. The van der Waals surface area contributed by atoms with Crippen molar-refractivity contribution in [3.63, 3.8) is 0 Å². The van der Waals surface area contributed by atoms with E-state index in [2.05, 4.69) is 15.5 Å². The minimum Gasteiger partial charge on any atom is -0.454 e. The van der Waals surface area contributed by atoms with E-state index in [1.807, 2.05) is 11.9 Å². The van der Waals surface area contributed by atoms with Crippen molar-refractivity contribution in [3.05, 3.63) is 41.7 Å². The first kappa shape index (κ1) is 18.0. The Balaban J connectivity index is 0.00000242. The van der Waals surface area contributed by atoms with Gasteiger partial charge in [0, 0.05) is 20.2 Å². The Hall–Kier alpha value is -2.04. The van der Waals surface area contributed by atoms with Gasteiger partial charge in [-0.05, 0) is 12.1 Å². The van der Waals surface area contributed by atoms with Gasteiger partial charge in [-0.25, -0.2) is 0 Å². The first-order chi connectivity index (χ1) is 10.1. The number of nitrogens with two attached hydrogens (primary N) is 1. The number of halogens is 1. The van der Waals surface area contributed by atoms with Gasteiger partial charge < -0.3 is 24.9 Å². The van der Waals surface area contributed by atoms with Gasteiger partial charge in [-0.3, -0.25) is 9.79 Å². The molecule has 0 atom stereocenters. The van der Waals surface area contributed by atoms with Gasteiger partial charge in [-0.1, -0.05) is 5.16 Å². The van der Waals surface area contributed by atoms with Gasteiger partial charge in [0.05, 0.1) is 13.1 Å². The molecular formula is C13H18IN5O3. The molecule has 0 aliphatic carbocycles. The average molecular weight is 419 g/mol. The fourth-order valence-corrected chi connectivity index (χ4v) is 1.79. The van der Waals surface area contributed by atoms with Gasteiger partial charge in [-0.2, -0.15) is 0 Å². The van der Waals surface area contributed by atoms with E-state index >= 15 is 0 Å². The largest absolute Gasteiger partial charge is 0.454 e. The summed E-state index contributed by atoms with van der Waals surface area (Å²) < 4.78 is 10.1. The molecule has 2 aromatic heterocycles. The molecule has 3 N–H and O–H groups in total. The third-order valence-corrected chi connectivity index (χ3v) is 2.79. The second kappa shape index (κ2) is 8.41. The van der Waals surface area contributed by atoms with E-state index in [4.69, 9.17) is 14.7 Å². The molecule has 1 amide bonds. The first-order valence-corrected chi connectivity index (χ1v) is 6.29. The molecule has 0 unspecified atom stereocenters. The molecule has 8 nitrogen and oxygen atoms in total. The van der Waals surface area contributed by atoms with Crippen LogP contribution in [-0.2, 0) is 13.1 Å². The van der Waals surface area contributed by atoms with E-state index in [9.17, 15) is 4.79 Å². The molecule has 9 heteroatoms. The Morgan fingerprint density at radius 3 is 2.77 bits per heavy atom. The monoisotopic (exact) mass is 419 g/mol. The Labute approximate surface area is 144 Å². The summed E-state index contributed by atoms with van der Waals surface area (Å²) in [6.07, 6.45) is 1.52. The van der Waals surface area contributed by atoms with Gasteiger partial charge >= 0.3 is 0 Å². The number of aliphatic imine (C=N–C) groups is 1. The number of primary amides is 1. The molecule has 2 aromatic rings. The van der Waals surface area contributed by atoms with Crippen molar-refractivity contribution in [2.75, 3.05) is 14.1 Å². The van der Waals surface area contributed by atoms with Gasteiger partial charge in [-0.15, -0.1) is 24.0 Å². The smallest absolute Gasteiger partial charge is 0.284 e. The molecule has 0 radical (unpaired) electrons. The highest BCUT2D eigenvalue weighted by molar-refractivity contribution is 14.0. The molecule has 120 valence electrons. The van der Waals surface area contributed by atoms with Crippen LogP contribution in [0.5, 0.6) is 0 Å². The van der Waals surface area contributed by atoms with Crippen molar-refractivity contribution in [2.45, 2.75) is 13.1 Å². The normalized spacial score (nSPS) is 10.9.